The van der Waals surface area contributed by atoms with E-state index in [2.05, 4.69) is 15.3 Å². The summed E-state index contributed by atoms with van der Waals surface area (Å²) in [4.78, 5) is 22.6. The third-order valence-corrected chi connectivity index (χ3v) is 5.05. The molecule has 0 radical (unpaired) electrons. The van der Waals surface area contributed by atoms with E-state index in [1.165, 1.54) is 19.2 Å². The second-order valence-corrected chi connectivity index (χ2v) is 6.94. The summed E-state index contributed by atoms with van der Waals surface area (Å²) in [6.07, 6.45) is -4.60. The molecule has 1 aliphatic heterocycles. The van der Waals surface area contributed by atoms with Gasteiger partial charge in [0, 0.05) is 37.1 Å². The number of carbonyl (C=O) groups excluding carboxylic acids is 1. The van der Waals surface area contributed by atoms with Crippen LogP contribution in [-0.4, -0.2) is 54.1 Å². The van der Waals surface area contributed by atoms with Crippen molar-refractivity contribution in [3.05, 3.63) is 41.4 Å². The lowest BCUT2D eigenvalue weighted by atomic mass is 10.1. The SMILES string of the molecule is COc1ccc(-c2nc(C(=O)N3CCNCC3)c(CN)o2)c2ccc(C(F)(F)F)nc12. The number of halogens is 3. The Morgan fingerprint density at radius 1 is 1.23 bits per heavy atom. The second kappa shape index (κ2) is 8.16. The van der Waals surface area contributed by atoms with Crippen LogP contribution in [0.3, 0.4) is 0 Å². The lowest BCUT2D eigenvalue weighted by Gasteiger charge is -2.26. The van der Waals surface area contributed by atoms with E-state index in [1.54, 1.807) is 11.0 Å². The quantitative estimate of drug-likeness (QED) is 0.648. The minimum atomic E-state index is -4.60. The smallest absolute Gasteiger partial charge is 0.433 e. The lowest BCUT2D eigenvalue weighted by molar-refractivity contribution is -0.140. The highest BCUT2D eigenvalue weighted by Gasteiger charge is 2.33. The van der Waals surface area contributed by atoms with Crippen LogP contribution in [0.4, 0.5) is 13.2 Å². The minimum Gasteiger partial charge on any atom is -0.494 e. The van der Waals surface area contributed by atoms with Gasteiger partial charge < -0.3 is 25.1 Å². The Bertz CT molecular complexity index is 1120. The fraction of sp³-hybridized carbons (Fsp3) is 0.350. The van der Waals surface area contributed by atoms with Crippen LogP contribution in [0.2, 0.25) is 0 Å². The predicted octanol–water partition coefficient (Wildman–Crippen LogP) is 2.42. The first-order valence-electron chi connectivity index (χ1n) is 9.58. The number of hydrogen-bond donors (Lipinski definition) is 2. The molecule has 4 rings (SSSR count). The van der Waals surface area contributed by atoms with Crippen molar-refractivity contribution < 1.29 is 27.1 Å². The molecule has 3 aromatic rings. The number of nitrogens with two attached hydrogens (primary N) is 1. The Hall–Kier alpha value is -3.18. The Kier molecular flexibility index (Phi) is 5.54. The normalized spacial score (nSPS) is 14.8. The van der Waals surface area contributed by atoms with Gasteiger partial charge in [-0.15, -0.1) is 0 Å². The number of piperazine rings is 1. The van der Waals surface area contributed by atoms with E-state index in [0.29, 0.717) is 37.1 Å². The number of carbonyl (C=O) groups is 1. The second-order valence-electron chi connectivity index (χ2n) is 6.94. The molecule has 3 N–H and O–H groups in total. The highest BCUT2D eigenvalue weighted by Crippen LogP contribution is 2.37. The molecule has 2 aromatic heterocycles. The molecule has 1 aromatic carbocycles. The number of aromatic nitrogens is 2. The molecule has 0 bridgehead atoms. The van der Waals surface area contributed by atoms with E-state index >= 15 is 0 Å². The van der Waals surface area contributed by atoms with Gasteiger partial charge in [0.05, 0.1) is 13.7 Å². The first-order valence-corrected chi connectivity index (χ1v) is 9.58. The topological polar surface area (TPSA) is 107 Å². The molecule has 0 spiro atoms. The monoisotopic (exact) mass is 435 g/mol. The Morgan fingerprint density at radius 2 is 1.97 bits per heavy atom. The van der Waals surface area contributed by atoms with Crippen LogP contribution in [0.5, 0.6) is 5.75 Å². The van der Waals surface area contributed by atoms with Crippen LogP contribution in [0.1, 0.15) is 21.9 Å². The van der Waals surface area contributed by atoms with Gasteiger partial charge in [-0.05, 0) is 24.3 Å². The molecule has 1 fully saturated rings. The molecule has 1 saturated heterocycles. The van der Waals surface area contributed by atoms with Gasteiger partial charge in [0.25, 0.3) is 5.91 Å². The van der Waals surface area contributed by atoms with Gasteiger partial charge in [0.15, 0.2) is 11.5 Å². The van der Waals surface area contributed by atoms with Gasteiger partial charge in [-0.1, -0.05) is 0 Å². The Labute approximate surface area is 175 Å². The van der Waals surface area contributed by atoms with Crippen molar-refractivity contribution in [3.8, 4) is 17.2 Å². The van der Waals surface area contributed by atoms with Crippen LogP contribution in [0.15, 0.2) is 28.7 Å². The molecular weight excluding hydrogens is 415 g/mol. The molecule has 0 atom stereocenters. The molecule has 0 aliphatic carbocycles. The molecule has 0 saturated carbocycles. The van der Waals surface area contributed by atoms with Gasteiger partial charge in [0.1, 0.15) is 17.0 Å². The molecular formula is C20H20F3N5O3. The van der Waals surface area contributed by atoms with Gasteiger partial charge in [-0.2, -0.15) is 13.2 Å². The minimum absolute atomic E-state index is 0.0114. The summed E-state index contributed by atoms with van der Waals surface area (Å²) >= 11 is 0. The summed E-state index contributed by atoms with van der Waals surface area (Å²) < 4.78 is 50.4. The number of benzene rings is 1. The molecule has 164 valence electrons. The number of rotatable bonds is 4. The number of nitrogens with zero attached hydrogens (tertiary/aromatic N) is 3. The zero-order chi connectivity index (χ0) is 22.2. The fourth-order valence-electron chi connectivity index (χ4n) is 3.49. The first kappa shape index (κ1) is 21.1. The van der Waals surface area contributed by atoms with Gasteiger partial charge in [-0.25, -0.2) is 9.97 Å². The maximum Gasteiger partial charge on any atom is 0.433 e. The number of methoxy groups -OCH3 is 1. The van der Waals surface area contributed by atoms with Crippen molar-refractivity contribution in [2.24, 2.45) is 5.73 Å². The highest BCUT2D eigenvalue weighted by molar-refractivity contribution is 5.98. The standard InChI is InChI=1S/C20H20F3N5O3/c1-30-13-4-2-12(11-3-5-15(20(21,22)23)26-16(11)13)18-27-17(14(10-24)31-18)19(29)28-8-6-25-7-9-28/h2-5,25H,6-10,24H2,1H3. The Morgan fingerprint density at radius 3 is 2.61 bits per heavy atom. The molecule has 31 heavy (non-hydrogen) atoms. The predicted molar refractivity (Wildman–Crippen MR) is 105 cm³/mol. The number of amides is 1. The number of oxazole rings is 1. The molecule has 0 unspecified atom stereocenters. The first-order chi connectivity index (χ1) is 14.8. The molecule has 1 aliphatic rings. The van der Waals surface area contributed by atoms with Crippen LogP contribution < -0.4 is 15.8 Å². The van der Waals surface area contributed by atoms with E-state index in [0.717, 1.165) is 6.07 Å². The van der Waals surface area contributed by atoms with Crippen molar-refractivity contribution >= 4 is 16.8 Å². The van der Waals surface area contributed by atoms with E-state index in [4.69, 9.17) is 14.9 Å². The largest absolute Gasteiger partial charge is 0.494 e. The zero-order valence-corrected chi connectivity index (χ0v) is 16.6. The number of ether oxygens (including phenoxy) is 1. The fourth-order valence-corrected chi connectivity index (χ4v) is 3.49. The van der Waals surface area contributed by atoms with Crippen LogP contribution >= 0.6 is 0 Å². The molecule has 11 heteroatoms. The molecule has 3 heterocycles. The van der Waals surface area contributed by atoms with Crippen molar-refractivity contribution in [1.82, 2.24) is 20.2 Å². The number of nitrogens with one attached hydrogen (secondary N) is 1. The van der Waals surface area contributed by atoms with Gasteiger partial charge in [-0.3, -0.25) is 4.79 Å². The summed E-state index contributed by atoms with van der Waals surface area (Å²) in [7, 11) is 1.35. The average molecular weight is 435 g/mol. The summed E-state index contributed by atoms with van der Waals surface area (Å²) in [5.74, 6) is 0.162. The maximum absolute atomic E-state index is 13.1. The van der Waals surface area contributed by atoms with E-state index in [1.807, 2.05) is 0 Å². The average Bonchev–Trinajstić information content (AvgIpc) is 3.21. The van der Waals surface area contributed by atoms with E-state index < -0.39 is 11.9 Å². The number of fused-ring (bicyclic) bond motifs is 1. The summed E-state index contributed by atoms with van der Waals surface area (Å²) in [5.41, 5.74) is 5.21. The summed E-state index contributed by atoms with van der Waals surface area (Å²) in [6, 6.07) is 5.24. The van der Waals surface area contributed by atoms with Crippen molar-refractivity contribution in [2.75, 3.05) is 33.3 Å². The van der Waals surface area contributed by atoms with Crippen molar-refractivity contribution in [1.29, 1.82) is 0 Å². The Balaban J connectivity index is 1.81. The number of pyridine rings is 1. The maximum atomic E-state index is 13.1. The number of alkyl halides is 3. The van der Waals surface area contributed by atoms with Crippen molar-refractivity contribution in [2.45, 2.75) is 12.7 Å². The molecule has 8 nitrogen and oxygen atoms in total. The molecule has 1 amide bonds. The summed E-state index contributed by atoms with van der Waals surface area (Å²) in [6.45, 7) is 2.35. The number of hydrogen-bond acceptors (Lipinski definition) is 7. The zero-order valence-electron chi connectivity index (χ0n) is 16.6. The van der Waals surface area contributed by atoms with Gasteiger partial charge >= 0.3 is 6.18 Å². The van der Waals surface area contributed by atoms with Crippen LogP contribution in [-0.2, 0) is 12.7 Å². The van der Waals surface area contributed by atoms with Crippen molar-refractivity contribution in [3.63, 3.8) is 0 Å². The third kappa shape index (κ3) is 3.93. The van der Waals surface area contributed by atoms with E-state index in [-0.39, 0.29) is 41.1 Å². The van der Waals surface area contributed by atoms with E-state index in [9.17, 15) is 18.0 Å². The van der Waals surface area contributed by atoms with Crippen LogP contribution in [0.25, 0.3) is 22.4 Å². The third-order valence-electron chi connectivity index (χ3n) is 5.05. The summed E-state index contributed by atoms with van der Waals surface area (Å²) in [5, 5.41) is 3.51. The van der Waals surface area contributed by atoms with Crippen LogP contribution in [0, 0.1) is 0 Å². The van der Waals surface area contributed by atoms with Gasteiger partial charge in [0.2, 0.25) is 5.89 Å². The highest BCUT2D eigenvalue weighted by atomic mass is 19.4. The lowest BCUT2D eigenvalue weighted by Crippen LogP contribution is -2.46.